The van der Waals surface area contributed by atoms with E-state index in [4.69, 9.17) is 22.1 Å². The fourth-order valence-corrected chi connectivity index (χ4v) is 3.25. The molecule has 1 rings (SSSR count). The summed E-state index contributed by atoms with van der Waals surface area (Å²) in [6.45, 7) is 4.17. The smallest absolute Gasteiger partial charge is 0.322 e. The molecule has 0 amide bonds. The van der Waals surface area contributed by atoms with Crippen LogP contribution in [0.25, 0.3) is 0 Å². The molecule has 1 heterocycles. The standard InChI is InChI=1S/C13H22ClN3O2S/c1-4-10-12(14)11(17(3)16-10)8-20-7-6-9(15)13(18)19-5-2/h9H,4-8,15H2,1-3H3. The van der Waals surface area contributed by atoms with Crippen molar-refractivity contribution >= 4 is 29.3 Å². The molecule has 0 bridgehead atoms. The highest BCUT2D eigenvalue weighted by molar-refractivity contribution is 7.98. The van der Waals surface area contributed by atoms with Gasteiger partial charge in [0.05, 0.1) is 23.0 Å². The van der Waals surface area contributed by atoms with Crippen LogP contribution in [-0.2, 0) is 28.8 Å². The molecule has 1 unspecified atom stereocenters. The van der Waals surface area contributed by atoms with Gasteiger partial charge in [-0.1, -0.05) is 18.5 Å². The van der Waals surface area contributed by atoms with Crippen molar-refractivity contribution in [3.63, 3.8) is 0 Å². The maximum atomic E-state index is 11.4. The monoisotopic (exact) mass is 319 g/mol. The summed E-state index contributed by atoms with van der Waals surface area (Å²) in [5.41, 5.74) is 7.67. The number of hydrogen-bond acceptors (Lipinski definition) is 5. The highest BCUT2D eigenvalue weighted by Crippen LogP contribution is 2.25. The number of esters is 1. The molecule has 0 spiro atoms. The summed E-state index contributed by atoms with van der Waals surface area (Å²) < 4.78 is 6.69. The van der Waals surface area contributed by atoms with E-state index in [9.17, 15) is 4.79 Å². The molecule has 0 aliphatic rings. The second kappa shape index (κ2) is 8.54. The van der Waals surface area contributed by atoms with Gasteiger partial charge in [-0.25, -0.2) is 0 Å². The molecule has 20 heavy (non-hydrogen) atoms. The Hall–Kier alpha value is -0.720. The largest absolute Gasteiger partial charge is 0.465 e. The lowest BCUT2D eigenvalue weighted by atomic mass is 10.2. The molecule has 1 atom stereocenters. The molecule has 0 saturated heterocycles. The summed E-state index contributed by atoms with van der Waals surface area (Å²) in [5, 5.41) is 5.12. The molecule has 1 aromatic heterocycles. The van der Waals surface area contributed by atoms with Crippen LogP contribution in [0.1, 0.15) is 31.7 Å². The van der Waals surface area contributed by atoms with Crippen molar-refractivity contribution in [3.8, 4) is 0 Å². The molecular weight excluding hydrogens is 298 g/mol. The number of rotatable bonds is 8. The Morgan fingerprint density at radius 3 is 2.80 bits per heavy atom. The summed E-state index contributed by atoms with van der Waals surface area (Å²) in [6.07, 6.45) is 1.42. The van der Waals surface area contributed by atoms with Gasteiger partial charge in [-0.05, 0) is 25.5 Å². The lowest BCUT2D eigenvalue weighted by Crippen LogP contribution is -2.32. The molecule has 0 saturated carbocycles. The minimum absolute atomic E-state index is 0.333. The minimum Gasteiger partial charge on any atom is -0.465 e. The number of thioether (sulfide) groups is 1. The van der Waals surface area contributed by atoms with E-state index < -0.39 is 6.04 Å². The number of carbonyl (C=O) groups is 1. The van der Waals surface area contributed by atoms with Gasteiger partial charge in [-0.3, -0.25) is 9.48 Å². The van der Waals surface area contributed by atoms with E-state index in [0.717, 1.165) is 34.3 Å². The average Bonchev–Trinajstić information content (AvgIpc) is 2.70. The lowest BCUT2D eigenvalue weighted by molar-refractivity contribution is -0.144. The SMILES string of the molecule is CCOC(=O)C(N)CCSCc1c(Cl)c(CC)nn1C. The van der Waals surface area contributed by atoms with E-state index in [2.05, 4.69) is 5.10 Å². The number of halogens is 1. The molecule has 0 radical (unpaired) electrons. The van der Waals surface area contributed by atoms with Crippen LogP contribution in [0.4, 0.5) is 0 Å². The average molecular weight is 320 g/mol. The molecule has 0 aromatic carbocycles. The molecule has 7 heteroatoms. The molecule has 5 nitrogen and oxygen atoms in total. The minimum atomic E-state index is -0.546. The van der Waals surface area contributed by atoms with Gasteiger partial charge >= 0.3 is 5.97 Å². The molecule has 0 aliphatic carbocycles. The van der Waals surface area contributed by atoms with Gasteiger partial charge in [0.2, 0.25) is 0 Å². The predicted molar refractivity (Wildman–Crippen MR) is 83.0 cm³/mol. The van der Waals surface area contributed by atoms with E-state index in [1.165, 1.54) is 0 Å². The van der Waals surface area contributed by atoms with Crippen LogP contribution in [0.15, 0.2) is 0 Å². The van der Waals surface area contributed by atoms with Crippen molar-refractivity contribution in [1.29, 1.82) is 0 Å². The second-order valence-corrected chi connectivity index (χ2v) is 5.87. The number of aromatic nitrogens is 2. The zero-order chi connectivity index (χ0) is 15.1. The zero-order valence-electron chi connectivity index (χ0n) is 12.2. The molecule has 0 fully saturated rings. The van der Waals surface area contributed by atoms with Crippen LogP contribution in [0, 0.1) is 0 Å². The third kappa shape index (κ3) is 4.68. The quantitative estimate of drug-likeness (QED) is 0.587. The Labute approximate surface area is 129 Å². The van der Waals surface area contributed by atoms with Crippen molar-refractivity contribution in [3.05, 3.63) is 16.4 Å². The number of nitrogens with two attached hydrogens (primary N) is 1. The van der Waals surface area contributed by atoms with Crippen molar-refractivity contribution in [1.82, 2.24) is 9.78 Å². The Morgan fingerprint density at radius 2 is 2.25 bits per heavy atom. The maximum absolute atomic E-state index is 11.4. The number of hydrogen-bond donors (Lipinski definition) is 1. The molecular formula is C13H22ClN3O2S. The van der Waals surface area contributed by atoms with E-state index in [-0.39, 0.29) is 5.97 Å². The number of nitrogens with zero attached hydrogens (tertiary/aromatic N) is 2. The third-order valence-corrected chi connectivity index (χ3v) is 4.34. The lowest BCUT2D eigenvalue weighted by Gasteiger charge is -2.10. The van der Waals surface area contributed by atoms with Crippen LogP contribution in [0.2, 0.25) is 5.02 Å². The summed E-state index contributed by atoms with van der Waals surface area (Å²) in [5.74, 6) is 1.21. The van der Waals surface area contributed by atoms with Gasteiger partial charge in [0.25, 0.3) is 0 Å². The fraction of sp³-hybridized carbons (Fsp3) is 0.692. The van der Waals surface area contributed by atoms with Crippen LogP contribution in [0.5, 0.6) is 0 Å². The third-order valence-electron chi connectivity index (χ3n) is 2.90. The molecule has 114 valence electrons. The fourth-order valence-electron chi connectivity index (χ4n) is 1.72. The first kappa shape index (κ1) is 17.3. The Morgan fingerprint density at radius 1 is 1.55 bits per heavy atom. The second-order valence-electron chi connectivity index (χ2n) is 4.38. The normalized spacial score (nSPS) is 12.4. The zero-order valence-corrected chi connectivity index (χ0v) is 13.8. The first-order valence-corrected chi connectivity index (χ1v) is 8.24. The van der Waals surface area contributed by atoms with Gasteiger partial charge in [0, 0.05) is 12.8 Å². The van der Waals surface area contributed by atoms with Crippen molar-refractivity contribution in [2.75, 3.05) is 12.4 Å². The Balaban J connectivity index is 2.38. The summed E-state index contributed by atoms with van der Waals surface area (Å²) in [6, 6.07) is -0.546. The highest BCUT2D eigenvalue weighted by Gasteiger charge is 2.15. The maximum Gasteiger partial charge on any atom is 0.322 e. The first-order valence-electron chi connectivity index (χ1n) is 6.71. The van der Waals surface area contributed by atoms with Gasteiger partial charge in [-0.2, -0.15) is 16.9 Å². The topological polar surface area (TPSA) is 70.1 Å². The van der Waals surface area contributed by atoms with E-state index in [1.807, 2.05) is 18.7 Å². The van der Waals surface area contributed by atoms with Crippen LogP contribution in [-0.4, -0.2) is 34.2 Å². The van der Waals surface area contributed by atoms with E-state index >= 15 is 0 Å². The molecule has 1 aromatic rings. The van der Waals surface area contributed by atoms with Crippen LogP contribution in [0.3, 0.4) is 0 Å². The van der Waals surface area contributed by atoms with Crippen LogP contribution >= 0.6 is 23.4 Å². The summed E-state index contributed by atoms with van der Waals surface area (Å²) >= 11 is 7.96. The Kier molecular flexibility index (Phi) is 7.40. The van der Waals surface area contributed by atoms with E-state index in [1.54, 1.807) is 18.7 Å². The first-order chi connectivity index (χ1) is 9.51. The number of ether oxygens (including phenoxy) is 1. The van der Waals surface area contributed by atoms with Crippen LogP contribution < -0.4 is 5.73 Å². The summed E-state index contributed by atoms with van der Waals surface area (Å²) in [4.78, 5) is 11.4. The highest BCUT2D eigenvalue weighted by atomic mass is 35.5. The summed E-state index contributed by atoms with van der Waals surface area (Å²) in [7, 11) is 1.89. The van der Waals surface area contributed by atoms with Crippen molar-refractivity contribution < 1.29 is 9.53 Å². The van der Waals surface area contributed by atoms with Gasteiger partial charge in [0.1, 0.15) is 6.04 Å². The van der Waals surface area contributed by atoms with Gasteiger partial charge in [-0.15, -0.1) is 0 Å². The van der Waals surface area contributed by atoms with Crippen molar-refractivity contribution in [2.45, 2.75) is 38.5 Å². The molecule has 0 aliphatic heterocycles. The van der Waals surface area contributed by atoms with Gasteiger partial charge in [0.15, 0.2) is 0 Å². The van der Waals surface area contributed by atoms with Gasteiger partial charge < -0.3 is 10.5 Å². The Bertz CT molecular complexity index is 451. The number of aryl methyl sites for hydroxylation is 2. The molecule has 2 N–H and O–H groups in total. The predicted octanol–water partition coefficient (Wildman–Crippen LogP) is 2.15. The van der Waals surface area contributed by atoms with Crippen molar-refractivity contribution in [2.24, 2.45) is 12.8 Å². The number of carbonyl (C=O) groups excluding carboxylic acids is 1. The van der Waals surface area contributed by atoms with E-state index in [0.29, 0.717) is 13.0 Å².